The second-order valence-electron chi connectivity index (χ2n) is 22.6. The van der Waals surface area contributed by atoms with Crippen molar-refractivity contribution in [3.05, 3.63) is 354 Å². The van der Waals surface area contributed by atoms with Crippen molar-refractivity contribution in [2.75, 3.05) is 4.90 Å². The normalized spacial score (nSPS) is 14.9. The monoisotopic (exact) mass is 1050 g/mol. The lowest BCUT2D eigenvalue weighted by atomic mass is 9.65. The molecule has 1 aliphatic heterocycles. The Balaban J connectivity index is 0.892. The van der Waals surface area contributed by atoms with Crippen LogP contribution in [-0.4, -0.2) is 9.13 Å². The minimum atomic E-state index is -0.616. The standard InChI is InChI=1S/C80H51N3/c1-4-22-54(23-5-1)79(55-24-6-2-7-25-55)66-33-14-10-28-59(66)60-48-47-58(51-71(60)79)81(57-45-42-52(43-46-57)53-44-49-74-65(50-53)62-30-13-17-38-72(62)82(74)56-26-8-3-9-27-56)76-41-21-36-69-77(76)64-31-11-15-34-67(64)80(69)68-35-16-19-40-75(68)83-73-39-18-12-29-61(73)63-32-20-37-70(80)78(63)83/h1-51H. The first-order valence-electron chi connectivity index (χ1n) is 28.9. The van der Waals surface area contributed by atoms with Gasteiger partial charge in [-0.05, 0) is 145 Å². The van der Waals surface area contributed by atoms with Crippen LogP contribution in [0.1, 0.15) is 44.5 Å². The number of rotatable bonds is 7. The Bertz CT molecular complexity index is 5110. The SMILES string of the molecule is c1ccc(-n2c3ccccc3c3cc(-c4ccc(N(c5ccc6c(c5)C(c5ccccc5)(c5ccccc5)c5ccccc5-6)c5cccc6c5-c5ccccc5C65c6ccccc6-n6c7ccccc7c7cccc5c76)cc4)ccc32)cc1. The van der Waals surface area contributed by atoms with E-state index in [0.717, 1.165) is 28.3 Å². The molecule has 2 aliphatic carbocycles. The molecular weight excluding hydrogens is 1000 g/mol. The van der Waals surface area contributed by atoms with Crippen molar-refractivity contribution >= 4 is 60.7 Å². The molecule has 1 atom stereocenters. The Labute approximate surface area is 481 Å². The lowest BCUT2D eigenvalue weighted by Gasteiger charge is -2.39. The topological polar surface area (TPSA) is 13.1 Å². The first kappa shape index (κ1) is 46.1. The average molecular weight is 1050 g/mol. The van der Waals surface area contributed by atoms with Gasteiger partial charge >= 0.3 is 0 Å². The Kier molecular flexibility index (Phi) is 9.64. The summed E-state index contributed by atoms with van der Waals surface area (Å²) in [4.78, 5) is 2.56. The molecule has 386 valence electrons. The van der Waals surface area contributed by atoms with Gasteiger partial charge in [0.1, 0.15) is 0 Å². The van der Waals surface area contributed by atoms with Gasteiger partial charge < -0.3 is 14.0 Å². The molecule has 0 N–H and O–H groups in total. The smallest absolute Gasteiger partial charge is 0.0755 e. The van der Waals surface area contributed by atoms with Crippen LogP contribution in [0.3, 0.4) is 0 Å². The van der Waals surface area contributed by atoms with E-state index in [1.165, 1.54) is 122 Å². The number of hydrogen-bond acceptors (Lipinski definition) is 1. The molecule has 0 saturated heterocycles. The summed E-state index contributed by atoms with van der Waals surface area (Å²) in [5, 5.41) is 5.02. The van der Waals surface area contributed by atoms with Crippen molar-refractivity contribution in [3.8, 4) is 44.8 Å². The molecule has 0 saturated carbocycles. The maximum atomic E-state index is 2.56. The van der Waals surface area contributed by atoms with Gasteiger partial charge in [0.05, 0.1) is 44.3 Å². The summed E-state index contributed by atoms with van der Waals surface area (Å²) < 4.78 is 4.92. The van der Waals surface area contributed by atoms with Crippen molar-refractivity contribution in [2.24, 2.45) is 0 Å². The predicted molar refractivity (Wildman–Crippen MR) is 343 cm³/mol. The largest absolute Gasteiger partial charge is 0.310 e. The van der Waals surface area contributed by atoms with Crippen LogP contribution in [-0.2, 0) is 10.8 Å². The van der Waals surface area contributed by atoms with Gasteiger partial charge in [-0.25, -0.2) is 0 Å². The number of hydrogen-bond donors (Lipinski definition) is 0. The molecule has 0 radical (unpaired) electrons. The fraction of sp³-hybridized carbons (Fsp3) is 0.0250. The minimum absolute atomic E-state index is 0.583. The summed E-state index contributed by atoms with van der Waals surface area (Å²) in [5.74, 6) is 0. The Hall–Kier alpha value is -10.7. The van der Waals surface area contributed by atoms with Gasteiger partial charge in [0.15, 0.2) is 0 Å². The molecule has 0 amide bonds. The Morgan fingerprint density at radius 2 is 0.795 bits per heavy atom. The van der Waals surface area contributed by atoms with E-state index in [1.807, 2.05) is 0 Å². The van der Waals surface area contributed by atoms with Gasteiger partial charge in [0, 0.05) is 44.2 Å². The second-order valence-corrected chi connectivity index (χ2v) is 22.6. The summed E-state index contributed by atoms with van der Waals surface area (Å²) in [6, 6.07) is 116. The van der Waals surface area contributed by atoms with Crippen LogP contribution < -0.4 is 4.90 Å². The van der Waals surface area contributed by atoms with E-state index in [0.29, 0.717) is 0 Å². The van der Waals surface area contributed by atoms with E-state index in [9.17, 15) is 0 Å². The van der Waals surface area contributed by atoms with E-state index in [2.05, 4.69) is 323 Å². The Morgan fingerprint density at radius 3 is 1.54 bits per heavy atom. The third-order valence-corrected chi connectivity index (χ3v) is 18.8. The van der Waals surface area contributed by atoms with Crippen LogP contribution in [0.5, 0.6) is 0 Å². The maximum Gasteiger partial charge on any atom is 0.0755 e. The number of para-hydroxylation sites is 5. The fourth-order valence-electron chi connectivity index (χ4n) is 15.6. The molecule has 18 rings (SSSR count). The molecule has 0 fully saturated rings. The molecule has 3 nitrogen and oxygen atoms in total. The third-order valence-electron chi connectivity index (χ3n) is 18.8. The van der Waals surface area contributed by atoms with Crippen LogP contribution in [0, 0.1) is 0 Å². The van der Waals surface area contributed by atoms with Gasteiger partial charge in [-0.15, -0.1) is 0 Å². The highest BCUT2D eigenvalue weighted by molar-refractivity contribution is 6.14. The summed E-state index contributed by atoms with van der Waals surface area (Å²) in [6.45, 7) is 0. The van der Waals surface area contributed by atoms with Crippen LogP contribution >= 0.6 is 0 Å². The van der Waals surface area contributed by atoms with Crippen LogP contribution in [0.25, 0.3) is 88.4 Å². The summed E-state index contributed by atoms with van der Waals surface area (Å²) in [5.41, 5.74) is 26.9. The number of benzene rings is 13. The summed E-state index contributed by atoms with van der Waals surface area (Å²) >= 11 is 0. The molecule has 3 aliphatic rings. The van der Waals surface area contributed by atoms with E-state index in [1.54, 1.807) is 0 Å². The Morgan fingerprint density at radius 1 is 0.277 bits per heavy atom. The third kappa shape index (κ3) is 6.12. The highest BCUT2D eigenvalue weighted by Crippen LogP contribution is 2.64. The van der Waals surface area contributed by atoms with Gasteiger partial charge in [0.2, 0.25) is 0 Å². The van der Waals surface area contributed by atoms with Crippen LogP contribution in [0.15, 0.2) is 309 Å². The zero-order valence-electron chi connectivity index (χ0n) is 45.3. The van der Waals surface area contributed by atoms with E-state index in [-0.39, 0.29) is 0 Å². The lowest BCUT2D eigenvalue weighted by Crippen LogP contribution is -2.33. The molecule has 3 heterocycles. The number of fused-ring (bicyclic) bond motifs is 18. The molecule has 15 aromatic rings. The van der Waals surface area contributed by atoms with E-state index < -0.39 is 10.8 Å². The quantitative estimate of drug-likeness (QED) is 0.155. The van der Waals surface area contributed by atoms with Gasteiger partial charge in [-0.2, -0.15) is 0 Å². The summed E-state index contributed by atoms with van der Waals surface area (Å²) in [6.07, 6.45) is 0. The number of anilines is 3. The van der Waals surface area contributed by atoms with Crippen molar-refractivity contribution in [1.29, 1.82) is 0 Å². The first-order valence-corrected chi connectivity index (χ1v) is 28.9. The molecule has 1 spiro atoms. The first-order chi connectivity index (χ1) is 41.2. The lowest BCUT2D eigenvalue weighted by molar-refractivity contribution is 0.748. The molecule has 13 aromatic carbocycles. The molecule has 0 bridgehead atoms. The molecule has 1 unspecified atom stereocenters. The fourth-order valence-corrected chi connectivity index (χ4v) is 15.6. The average Bonchev–Trinajstić information content (AvgIpc) is 1.69. The predicted octanol–water partition coefficient (Wildman–Crippen LogP) is 20.1. The van der Waals surface area contributed by atoms with Crippen LogP contribution in [0.4, 0.5) is 17.1 Å². The van der Waals surface area contributed by atoms with Crippen molar-refractivity contribution in [2.45, 2.75) is 10.8 Å². The number of aromatic nitrogens is 2. The van der Waals surface area contributed by atoms with Gasteiger partial charge in [-0.1, -0.05) is 237 Å². The number of nitrogens with zero attached hydrogens (tertiary/aromatic N) is 3. The zero-order chi connectivity index (χ0) is 54.4. The zero-order valence-corrected chi connectivity index (χ0v) is 45.3. The molecule has 2 aromatic heterocycles. The second kappa shape index (κ2) is 17.4. The highest BCUT2D eigenvalue weighted by Gasteiger charge is 2.52. The van der Waals surface area contributed by atoms with E-state index >= 15 is 0 Å². The molecule has 83 heavy (non-hydrogen) atoms. The van der Waals surface area contributed by atoms with E-state index in [4.69, 9.17) is 0 Å². The van der Waals surface area contributed by atoms with Gasteiger partial charge in [-0.3, -0.25) is 0 Å². The molecular formula is C80H51N3. The molecule has 3 heteroatoms. The van der Waals surface area contributed by atoms with Gasteiger partial charge in [0.25, 0.3) is 0 Å². The van der Waals surface area contributed by atoms with Crippen molar-refractivity contribution in [1.82, 2.24) is 9.13 Å². The van der Waals surface area contributed by atoms with Crippen molar-refractivity contribution < 1.29 is 0 Å². The van der Waals surface area contributed by atoms with Crippen LogP contribution in [0.2, 0.25) is 0 Å². The maximum absolute atomic E-state index is 2.56. The highest BCUT2D eigenvalue weighted by atomic mass is 15.1. The summed E-state index contributed by atoms with van der Waals surface area (Å²) in [7, 11) is 0. The van der Waals surface area contributed by atoms with Crippen molar-refractivity contribution in [3.63, 3.8) is 0 Å². The minimum Gasteiger partial charge on any atom is -0.310 e.